The molecule has 2 saturated heterocycles. The van der Waals surface area contributed by atoms with Gasteiger partial charge in [0.2, 0.25) is 5.91 Å². The molecule has 2 heterocycles. The molecule has 1 aromatic carbocycles. The molecule has 8 heteroatoms. The highest BCUT2D eigenvalue weighted by Gasteiger charge is 2.56. The van der Waals surface area contributed by atoms with Crippen LogP contribution in [-0.4, -0.2) is 66.0 Å². The minimum absolute atomic E-state index is 0.000362. The number of hydrogen-bond donors (Lipinski definition) is 1. The van der Waals surface area contributed by atoms with Gasteiger partial charge in [0.15, 0.2) is 0 Å². The number of fused-ring (bicyclic) bond motifs is 1. The summed E-state index contributed by atoms with van der Waals surface area (Å²) in [7, 11) is 0. The van der Waals surface area contributed by atoms with E-state index < -0.39 is 12.2 Å². The molecule has 27 heavy (non-hydrogen) atoms. The van der Waals surface area contributed by atoms with E-state index in [1.807, 2.05) is 11.0 Å². The van der Waals surface area contributed by atoms with E-state index in [4.69, 9.17) is 16.9 Å². The number of nitrogens with zero attached hydrogens (tertiary/aromatic N) is 3. The van der Waals surface area contributed by atoms with Crippen LogP contribution in [0.2, 0.25) is 5.02 Å². The molecule has 0 bridgehead atoms. The van der Waals surface area contributed by atoms with Crippen LogP contribution >= 0.6 is 11.6 Å². The number of likely N-dealkylation sites (tertiary alicyclic amines) is 2. The summed E-state index contributed by atoms with van der Waals surface area (Å²) in [5.74, 6) is 0.444. The topological polar surface area (TPSA) is 76.4 Å². The first-order valence-corrected chi connectivity index (χ1v) is 9.47. The van der Waals surface area contributed by atoms with Crippen LogP contribution in [0.3, 0.4) is 0 Å². The van der Waals surface area contributed by atoms with Gasteiger partial charge in [-0.05, 0) is 36.1 Å². The molecule has 6 nitrogen and oxygen atoms in total. The maximum atomic E-state index is 13.4. The van der Waals surface area contributed by atoms with Gasteiger partial charge in [0.25, 0.3) is 5.91 Å². The maximum absolute atomic E-state index is 13.4. The van der Waals surface area contributed by atoms with E-state index in [9.17, 15) is 14.0 Å². The summed E-state index contributed by atoms with van der Waals surface area (Å²) in [5.41, 5.74) is 0.623. The Morgan fingerprint density at radius 2 is 1.89 bits per heavy atom. The minimum atomic E-state index is -1.12. The first kappa shape index (κ1) is 18.2. The number of nitriles is 1. The molecule has 3 unspecified atom stereocenters. The lowest BCUT2D eigenvalue weighted by atomic mass is 10.2. The lowest BCUT2D eigenvalue weighted by Gasteiger charge is -2.22. The van der Waals surface area contributed by atoms with E-state index in [2.05, 4.69) is 5.32 Å². The summed E-state index contributed by atoms with van der Waals surface area (Å²) in [5, 5.41) is 12.9. The van der Waals surface area contributed by atoms with Crippen LogP contribution in [0, 0.1) is 23.2 Å². The monoisotopic (exact) mass is 390 g/mol. The van der Waals surface area contributed by atoms with Crippen LogP contribution in [0.25, 0.3) is 0 Å². The molecule has 4 rings (SSSR count). The van der Waals surface area contributed by atoms with Crippen molar-refractivity contribution in [1.29, 1.82) is 5.26 Å². The molecular formula is C19H20ClFN4O2. The van der Waals surface area contributed by atoms with Crippen LogP contribution in [0.5, 0.6) is 0 Å². The highest BCUT2D eigenvalue weighted by molar-refractivity contribution is 6.30. The number of hydrogen-bond acceptors (Lipinski definition) is 4. The number of amides is 2. The van der Waals surface area contributed by atoms with Gasteiger partial charge in [-0.15, -0.1) is 0 Å². The third kappa shape index (κ3) is 3.52. The molecule has 1 saturated carbocycles. The van der Waals surface area contributed by atoms with Crippen molar-refractivity contribution in [2.45, 2.75) is 24.7 Å². The molecule has 1 aliphatic carbocycles. The van der Waals surface area contributed by atoms with Crippen molar-refractivity contribution in [3.05, 3.63) is 34.9 Å². The summed E-state index contributed by atoms with van der Waals surface area (Å²) in [6.07, 6.45) is -1.02. The van der Waals surface area contributed by atoms with Crippen molar-refractivity contribution in [2.24, 2.45) is 11.8 Å². The normalized spacial score (nSPS) is 31.5. The lowest BCUT2D eigenvalue weighted by Crippen LogP contribution is -2.43. The third-order valence-corrected chi connectivity index (χ3v) is 6.03. The van der Waals surface area contributed by atoms with Gasteiger partial charge >= 0.3 is 0 Å². The highest BCUT2D eigenvalue weighted by Crippen LogP contribution is 2.45. The van der Waals surface area contributed by atoms with Crippen molar-refractivity contribution >= 4 is 23.4 Å². The lowest BCUT2D eigenvalue weighted by molar-refractivity contribution is -0.130. The van der Waals surface area contributed by atoms with Crippen LogP contribution in [0.1, 0.15) is 16.8 Å². The van der Waals surface area contributed by atoms with E-state index in [1.54, 1.807) is 24.3 Å². The Hall–Kier alpha value is -2.17. The third-order valence-electron chi connectivity index (χ3n) is 5.78. The minimum Gasteiger partial charge on any atom is -0.338 e. The summed E-state index contributed by atoms with van der Waals surface area (Å²) < 4.78 is 13.4. The Kier molecular flexibility index (Phi) is 4.79. The fourth-order valence-corrected chi connectivity index (χ4v) is 4.39. The smallest absolute Gasteiger partial charge is 0.253 e. The molecule has 4 atom stereocenters. The van der Waals surface area contributed by atoms with E-state index in [0.717, 1.165) is 0 Å². The average Bonchev–Trinajstić information content (AvgIpc) is 3.00. The Morgan fingerprint density at radius 1 is 1.22 bits per heavy atom. The van der Waals surface area contributed by atoms with Gasteiger partial charge in [0.1, 0.15) is 12.2 Å². The molecule has 3 aliphatic rings. The molecule has 1 N–H and O–H groups in total. The van der Waals surface area contributed by atoms with E-state index in [0.29, 0.717) is 35.5 Å². The molecule has 142 valence electrons. The number of piperidine rings is 1. The first-order valence-electron chi connectivity index (χ1n) is 9.09. The molecule has 3 fully saturated rings. The van der Waals surface area contributed by atoms with Crippen LogP contribution in [0.4, 0.5) is 4.39 Å². The first-order chi connectivity index (χ1) is 13.0. The van der Waals surface area contributed by atoms with Crippen molar-refractivity contribution in [3.8, 4) is 6.07 Å². The highest BCUT2D eigenvalue weighted by atomic mass is 35.5. The maximum Gasteiger partial charge on any atom is 0.253 e. The molecule has 0 spiro atoms. The standard InChI is InChI=1S/C19H20ClFN4O2/c20-12-3-1-11(2-4-12)19(27)24-9-15-16(10-24)18(15)23-7-17(26)25-8-13(21)5-14(25)6-22/h1-4,13-16,18,23H,5,7-10H2/t13?,14-,15?,16?,18?/m0/s1. The summed E-state index contributed by atoms with van der Waals surface area (Å²) in [6.45, 7) is 1.43. The fourth-order valence-electron chi connectivity index (χ4n) is 4.26. The summed E-state index contributed by atoms with van der Waals surface area (Å²) in [6, 6.07) is 8.39. The van der Waals surface area contributed by atoms with Crippen molar-refractivity contribution < 1.29 is 14.0 Å². The second-order valence-electron chi connectivity index (χ2n) is 7.48. The number of benzene rings is 1. The van der Waals surface area contributed by atoms with Crippen LogP contribution in [-0.2, 0) is 4.79 Å². The molecule has 0 aromatic heterocycles. The summed E-state index contributed by atoms with van der Waals surface area (Å²) in [4.78, 5) is 27.9. The predicted octanol–water partition coefficient (Wildman–Crippen LogP) is 1.46. The zero-order valence-electron chi connectivity index (χ0n) is 14.6. The number of carbonyl (C=O) groups excluding carboxylic acids is 2. The van der Waals surface area contributed by atoms with Crippen molar-refractivity contribution in [1.82, 2.24) is 15.1 Å². The van der Waals surface area contributed by atoms with Crippen LogP contribution in [0.15, 0.2) is 24.3 Å². The predicted molar refractivity (Wildman–Crippen MR) is 96.8 cm³/mol. The Balaban J connectivity index is 1.25. The van der Waals surface area contributed by atoms with Gasteiger partial charge in [-0.3, -0.25) is 9.59 Å². The second-order valence-corrected chi connectivity index (χ2v) is 7.91. The van der Waals surface area contributed by atoms with Gasteiger partial charge in [-0.2, -0.15) is 5.26 Å². The van der Waals surface area contributed by atoms with E-state index in [1.165, 1.54) is 4.90 Å². The van der Waals surface area contributed by atoms with Gasteiger partial charge in [-0.1, -0.05) is 11.6 Å². The molecule has 0 radical (unpaired) electrons. The van der Waals surface area contributed by atoms with Crippen molar-refractivity contribution in [2.75, 3.05) is 26.2 Å². The average molecular weight is 391 g/mol. The number of rotatable bonds is 4. The number of alkyl halides is 1. The van der Waals surface area contributed by atoms with Gasteiger partial charge in [0, 0.05) is 36.1 Å². The summed E-state index contributed by atoms with van der Waals surface area (Å²) >= 11 is 5.86. The molecule has 2 aliphatic heterocycles. The molecular weight excluding hydrogens is 371 g/mol. The van der Waals surface area contributed by atoms with Gasteiger partial charge < -0.3 is 15.1 Å². The zero-order valence-corrected chi connectivity index (χ0v) is 15.4. The number of nitrogens with one attached hydrogen (secondary N) is 1. The fraction of sp³-hybridized carbons (Fsp3) is 0.526. The van der Waals surface area contributed by atoms with Gasteiger partial charge in [0.05, 0.1) is 19.2 Å². The largest absolute Gasteiger partial charge is 0.338 e. The number of carbonyl (C=O) groups is 2. The van der Waals surface area contributed by atoms with E-state index in [-0.39, 0.29) is 37.4 Å². The molecule has 2 amide bonds. The van der Waals surface area contributed by atoms with Crippen LogP contribution < -0.4 is 5.32 Å². The zero-order chi connectivity index (χ0) is 19.1. The second kappa shape index (κ2) is 7.10. The number of halogens is 2. The Morgan fingerprint density at radius 3 is 2.52 bits per heavy atom. The Labute approximate surface area is 161 Å². The SMILES string of the molecule is N#C[C@@H]1CC(F)CN1C(=O)CNC1C2CN(C(=O)c3ccc(Cl)cc3)CC21. The van der Waals surface area contributed by atoms with Crippen molar-refractivity contribution in [3.63, 3.8) is 0 Å². The van der Waals surface area contributed by atoms with E-state index >= 15 is 0 Å². The quantitative estimate of drug-likeness (QED) is 0.844. The Bertz CT molecular complexity index is 784. The van der Waals surface area contributed by atoms with Gasteiger partial charge in [-0.25, -0.2) is 4.39 Å². The molecule has 1 aromatic rings.